The van der Waals surface area contributed by atoms with Crippen molar-refractivity contribution in [2.45, 2.75) is 49.3 Å². The van der Waals surface area contributed by atoms with Gasteiger partial charge in [-0.25, -0.2) is 17.7 Å². The van der Waals surface area contributed by atoms with Crippen molar-refractivity contribution >= 4 is 38.8 Å². The van der Waals surface area contributed by atoms with Crippen LogP contribution in [0.5, 0.6) is 0 Å². The lowest BCUT2D eigenvalue weighted by Gasteiger charge is -2.34. The standard InChI is InChI=1S/C19H27N3O4S2/c1-12-6-5-7-15(13(12)2)20-18(23)11-27-19-21-16-10-14(8-9-17(16)26-19)28(24,25)22(3)4/h8-10,12-13,15H,5-7,11H2,1-4H3,(H,20,23)/t12-,13-,15-/m1/s1. The van der Waals surface area contributed by atoms with Crippen LogP contribution in [-0.2, 0) is 14.8 Å². The van der Waals surface area contributed by atoms with Gasteiger partial charge in [-0.3, -0.25) is 4.79 Å². The molecule has 1 amide bonds. The van der Waals surface area contributed by atoms with Gasteiger partial charge in [-0.05, 0) is 36.5 Å². The highest BCUT2D eigenvalue weighted by molar-refractivity contribution is 7.99. The Hall–Kier alpha value is -1.58. The lowest BCUT2D eigenvalue weighted by molar-refractivity contribution is -0.120. The van der Waals surface area contributed by atoms with Crippen molar-refractivity contribution in [2.24, 2.45) is 11.8 Å². The predicted molar refractivity (Wildman–Crippen MR) is 110 cm³/mol. The number of hydrogen-bond acceptors (Lipinski definition) is 6. The molecule has 7 nitrogen and oxygen atoms in total. The largest absolute Gasteiger partial charge is 0.431 e. The summed E-state index contributed by atoms with van der Waals surface area (Å²) < 4.78 is 31.3. The van der Waals surface area contributed by atoms with Crippen molar-refractivity contribution in [1.82, 2.24) is 14.6 Å². The maximum Gasteiger partial charge on any atom is 0.257 e. The van der Waals surface area contributed by atoms with Crippen LogP contribution >= 0.6 is 11.8 Å². The molecular weight excluding hydrogens is 398 g/mol. The molecule has 1 saturated carbocycles. The molecular formula is C19H27N3O4S2. The number of carbonyl (C=O) groups is 1. The SMILES string of the molecule is C[C@@H]1[C@H](C)CCC[C@H]1NC(=O)CSc1nc2cc(S(=O)(=O)N(C)C)ccc2o1. The number of aromatic nitrogens is 1. The second kappa shape index (κ2) is 8.42. The van der Waals surface area contributed by atoms with Gasteiger partial charge >= 0.3 is 0 Å². The average molecular weight is 426 g/mol. The van der Waals surface area contributed by atoms with Crippen molar-refractivity contribution in [3.63, 3.8) is 0 Å². The summed E-state index contributed by atoms with van der Waals surface area (Å²) >= 11 is 1.21. The van der Waals surface area contributed by atoms with E-state index < -0.39 is 10.0 Å². The molecule has 154 valence electrons. The number of hydrogen-bond donors (Lipinski definition) is 1. The Labute approximate surface area is 170 Å². The molecule has 0 saturated heterocycles. The van der Waals surface area contributed by atoms with Gasteiger partial charge in [0.05, 0.1) is 10.6 Å². The minimum Gasteiger partial charge on any atom is -0.431 e. The molecule has 1 aromatic carbocycles. The van der Waals surface area contributed by atoms with Gasteiger partial charge in [-0.15, -0.1) is 0 Å². The van der Waals surface area contributed by atoms with Crippen molar-refractivity contribution in [1.29, 1.82) is 0 Å². The Kier molecular flexibility index (Phi) is 6.36. The van der Waals surface area contributed by atoms with Gasteiger partial charge in [-0.1, -0.05) is 38.5 Å². The zero-order chi connectivity index (χ0) is 20.5. The Morgan fingerprint density at radius 1 is 1.32 bits per heavy atom. The Morgan fingerprint density at radius 2 is 2.07 bits per heavy atom. The molecule has 2 aromatic rings. The first-order chi connectivity index (χ1) is 13.2. The number of amides is 1. The molecule has 1 fully saturated rings. The van der Waals surface area contributed by atoms with Gasteiger partial charge in [0.1, 0.15) is 5.52 Å². The number of carbonyl (C=O) groups excluding carboxylic acids is 1. The average Bonchev–Trinajstić information content (AvgIpc) is 3.06. The predicted octanol–water partition coefficient (Wildman–Crippen LogP) is 3.11. The third-order valence-electron chi connectivity index (χ3n) is 5.50. The second-order valence-electron chi connectivity index (χ2n) is 7.63. The first-order valence-corrected chi connectivity index (χ1v) is 11.9. The van der Waals surface area contributed by atoms with Crippen LogP contribution in [0.1, 0.15) is 33.1 Å². The number of rotatable bonds is 6. The number of nitrogens with zero attached hydrogens (tertiary/aromatic N) is 2. The molecule has 1 aromatic heterocycles. The van der Waals surface area contributed by atoms with Gasteiger partial charge in [0.25, 0.3) is 5.22 Å². The maximum absolute atomic E-state index is 12.3. The number of oxazole rings is 1. The van der Waals surface area contributed by atoms with Crippen LogP contribution < -0.4 is 5.32 Å². The van der Waals surface area contributed by atoms with Crippen LogP contribution in [0.25, 0.3) is 11.1 Å². The first kappa shape index (κ1) is 21.1. The van der Waals surface area contributed by atoms with E-state index in [2.05, 4.69) is 24.1 Å². The van der Waals surface area contributed by atoms with Gasteiger partial charge in [0.2, 0.25) is 15.9 Å². The van der Waals surface area contributed by atoms with Crippen LogP contribution in [0.15, 0.2) is 32.7 Å². The van der Waals surface area contributed by atoms with Crippen LogP contribution in [-0.4, -0.2) is 49.5 Å². The number of nitrogens with one attached hydrogen (secondary N) is 1. The molecule has 1 aliphatic carbocycles. The maximum atomic E-state index is 12.3. The summed E-state index contributed by atoms with van der Waals surface area (Å²) in [5, 5.41) is 3.49. The molecule has 3 rings (SSSR count). The molecule has 1 N–H and O–H groups in total. The highest BCUT2D eigenvalue weighted by atomic mass is 32.2. The minimum atomic E-state index is -3.53. The van der Waals surface area contributed by atoms with Crippen molar-refractivity contribution in [2.75, 3.05) is 19.8 Å². The van der Waals surface area contributed by atoms with Crippen molar-refractivity contribution in [3.05, 3.63) is 18.2 Å². The number of sulfonamides is 1. The zero-order valence-corrected chi connectivity index (χ0v) is 18.3. The van der Waals surface area contributed by atoms with Crippen molar-refractivity contribution in [3.8, 4) is 0 Å². The van der Waals surface area contributed by atoms with E-state index in [1.54, 1.807) is 6.07 Å². The second-order valence-corrected chi connectivity index (χ2v) is 10.7. The number of benzene rings is 1. The molecule has 0 aliphatic heterocycles. The Balaban J connectivity index is 1.64. The number of thioether (sulfide) groups is 1. The molecule has 28 heavy (non-hydrogen) atoms. The molecule has 0 bridgehead atoms. The first-order valence-electron chi connectivity index (χ1n) is 9.43. The van der Waals surface area contributed by atoms with E-state index in [9.17, 15) is 13.2 Å². The van der Waals surface area contributed by atoms with Gasteiger partial charge in [0.15, 0.2) is 5.58 Å². The molecule has 0 unspecified atom stereocenters. The van der Waals surface area contributed by atoms with E-state index in [1.165, 1.54) is 44.4 Å². The fourth-order valence-corrected chi connectivity index (χ4v) is 5.05. The molecule has 3 atom stereocenters. The summed E-state index contributed by atoms with van der Waals surface area (Å²) in [6.45, 7) is 4.43. The van der Waals surface area contributed by atoms with Crippen LogP contribution in [0.2, 0.25) is 0 Å². The van der Waals surface area contributed by atoms with Crippen LogP contribution in [0, 0.1) is 11.8 Å². The topological polar surface area (TPSA) is 92.5 Å². The smallest absolute Gasteiger partial charge is 0.257 e. The van der Waals surface area contributed by atoms with E-state index >= 15 is 0 Å². The van der Waals surface area contributed by atoms with E-state index in [-0.39, 0.29) is 22.6 Å². The monoisotopic (exact) mass is 425 g/mol. The fraction of sp³-hybridized carbons (Fsp3) is 0.579. The summed E-state index contributed by atoms with van der Waals surface area (Å²) in [6.07, 6.45) is 3.39. The lowest BCUT2D eigenvalue weighted by atomic mass is 9.78. The van der Waals surface area contributed by atoms with Crippen molar-refractivity contribution < 1.29 is 17.6 Å². The normalized spacial score (nSPS) is 23.2. The minimum absolute atomic E-state index is 0.0333. The van der Waals surface area contributed by atoms with E-state index in [0.29, 0.717) is 28.2 Å². The lowest BCUT2D eigenvalue weighted by Crippen LogP contribution is -2.44. The van der Waals surface area contributed by atoms with Gasteiger partial charge in [0, 0.05) is 20.1 Å². The summed E-state index contributed by atoms with van der Waals surface area (Å²) in [4.78, 5) is 16.8. The highest BCUT2D eigenvalue weighted by Crippen LogP contribution is 2.30. The summed E-state index contributed by atoms with van der Waals surface area (Å²) in [6, 6.07) is 4.80. The van der Waals surface area contributed by atoms with Crippen LogP contribution in [0.4, 0.5) is 0 Å². The number of fused-ring (bicyclic) bond motifs is 1. The van der Waals surface area contributed by atoms with Gasteiger partial charge in [-0.2, -0.15) is 0 Å². The highest BCUT2D eigenvalue weighted by Gasteiger charge is 2.28. The third kappa shape index (κ3) is 4.52. The molecule has 0 radical (unpaired) electrons. The van der Waals surface area contributed by atoms with Gasteiger partial charge < -0.3 is 9.73 Å². The summed E-state index contributed by atoms with van der Waals surface area (Å²) in [5.41, 5.74) is 0.955. The third-order valence-corrected chi connectivity index (χ3v) is 8.14. The van der Waals surface area contributed by atoms with E-state index in [0.717, 1.165) is 17.1 Å². The molecule has 0 spiro atoms. The molecule has 9 heteroatoms. The quantitative estimate of drug-likeness (QED) is 0.715. The summed E-state index contributed by atoms with van der Waals surface area (Å²) in [5.74, 6) is 1.28. The zero-order valence-electron chi connectivity index (χ0n) is 16.6. The Bertz CT molecular complexity index is 955. The Morgan fingerprint density at radius 3 is 2.79 bits per heavy atom. The van der Waals surface area contributed by atoms with E-state index in [4.69, 9.17) is 4.42 Å². The van der Waals surface area contributed by atoms with Crippen LogP contribution in [0.3, 0.4) is 0 Å². The molecule has 1 aliphatic rings. The molecule has 1 heterocycles. The fourth-order valence-electron chi connectivity index (χ4n) is 3.48. The summed E-state index contributed by atoms with van der Waals surface area (Å²) in [7, 11) is -0.566. The van der Waals surface area contributed by atoms with E-state index in [1.807, 2.05) is 0 Å².